The summed E-state index contributed by atoms with van der Waals surface area (Å²) in [4.78, 5) is 12.1. The molecule has 0 amide bonds. The summed E-state index contributed by atoms with van der Waals surface area (Å²) >= 11 is 0. The Balaban J connectivity index is 2.20. The topological polar surface area (TPSA) is 59.0 Å². The molecule has 0 saturated heterocycles. The second-order valence-electron chi connectivity index (χ2n) is 9.22. The van der Waals surface area contributed by atoms with Gasteiger partial charge in [0.15, 0.2) is 0 Å². The maximum Gasteiger partial charge on any atom is 0.384 e. The Morgan fingerprint density at radius 3 is 2.19 bits per heavy atom. The maximum atomic E-state index is 12.1. The average molecular weight is 438 g/mol. The number of hydrogen-bond acceptors (Lipinski definition) is 5. The zero-order valence-corrected chi connectivity index (χ0v) is 19.7. The molecule has 5 nitrogen and oxygen atoms in total. The van der Waals surface area contributed by atoms with Crippen LogP contribution in [0.15, 0.2) is 60.7 Å². The first-order valence-corrected chi connectivity index (χ1v) is 11.0. The Bertz CT molecular complexity index is 879. The molecule has 2 rings (SSSR count). The number of hydrogen-bond donors (Lipinski definition) is 1. The van der Waals surface area contributed by atoms with Gasteiger partial charge >= 0.3 is 5.97 Å². The Labute approximate surface area is 192 Å². The lowest BCUT2D eigenvalue weighted by Gasteiger charge is -2.31. The van der Waals surface area contributed by atoms with Crippen LogP contribution in [0.1, 0.15) is 58.2 Å². The number of nitrogens with zero attached hydrogens (tertiary/aromatic N) is 1. The first-order chi connectivity index (χ1) is 15.2. The number of rotatable bonds is 9. The second-order valence-corrected chi connectivity index (χ2v) is 9.22. The van der Waals surface area contributed by atoms with E-state index < -0.39 is 23.7 Å². The maximum absolute atomic E-state index is 12.1. The molecular formula is C27H35NO4. The number of esters is 1. The summed E-state index contributed by atoms with van der Waals surface area (Å²) in [6.45, 7) is 10.2. The van der Waals surface area contributed by atoms with Crippen molar-refractivity contribution >= 4 is 5.97 Å². The van der Waals surface area contributed by atoms with E-state index in [1.807, 2.05) is 60.7 Å². The summed E-state index contributed by atoms with van der Waals surface area (Å²) in [6.07, 6.45) is 0.592. The third-order valence-electron chi connectivity index (χ3n) is 4.64. The van der Waals surface area contributed by atoms with Crippen LogP contribution in [0, 0.1) is 17.8 Å². The van der Waals surface area contributed by atoms with Crippen molar-refractivity contribution in [1.29, 1.82) is 0 Å². The van der Waals surface area contributed by atoms with Gasteiger partial charge in [0, 0.05) is 5.92 Å². The molecule has 0 radical (unpaired) electrons. The summed E-state index contributed by atoms with van der Waals surface area (Å²) in [5, 5.41) is 12.4. The van der Waals surface area contributed by atoms with Crippen LogP contribution >= 0.6 is 0 Å². The highest BCUT2D eigenvalue weighted by Crippen LogP contribution is 2.25. The normalized spacial score (nSPS) is 13.4. The van der Waals surface area contributed by atoms with Gasteiger partial charge in [0.05, 0.1) is 25.3 Å². The van der Waals surface area contributed by atoms with Crippen molar-refractivity contribution in [1.82, 2.24) is 5.06 Å². The number of hydroxylamine groups is 2. The minimum atomic E-state index is -0.615. The summed E-state index contributed by atoms with van der Waals surface area (Å²) in [5.74, 6) is 5.15. The van der Waals surface area contributed by atoms with Crippen LogP contribution < -0.4 is 0 Å². The predicted molar refractivity (Wildman–Crippen MR) is 126 cm³/mol. The van der Waals surface area contributed by atoms with Crippen LogP contribution in [0.5, 0.6) is 0 Å². The van der Waals surface area contributed by atoms with Gasteiger partial charge in [-0.2, -0.15) is 5.06 Å². The smallest absolute Gasteiger partial charge is 0.384 e. The van der Waals surface area contributed by atoms with Gasteiger partial charge in [0.25, 0.3) is 0 Å². The predicted octanol–water partition coefficient (Wildman–Crippen LogP) is 5.40. The Morgan fingerprint density at radius 1 is 1.03 bits per heavy atom. The van der Waals surface area contributed by atoms with Crippen molar-refractivity contribution in [2.24, 2.45) is 5.92 Å². The van der Waals surface area contributed by atoms with E-state index >= 15 is 0 Å². The van der Waals surface area contributed by atoms with Gasteiger partial charge in [-0.1, -0.05) is 80.4 Å². The lowest BCUT2D eigenvalue weighted by atomic mass is 10.0. The van der Waals surface area contributed by atoms with E-state index in [9.17, 15) is 10.0 Å². The molecule has 0 heterocycles. The molecule has 2 aromatic carbocycles. The van der Waals surface area contributed by atoms with E-state index in [0.717, 1.165) is 11.1 Å². The van der Waals surface area contributed by atoms with E-state index in [2.05, 4.69) is 25.7 Å². The van der Waals surface area contributed by atoms with E-state index in [0.29, 0.717) is 13.0 Å². The fraction of sp³-hybridized carbons (Fsp3) is 0.444. The molecule has 5 heteroatoms. The second kappa shape index (κ2) is 12.4. The van der Waals surface area contributed by atoms with Gasteiger partial charge in [-0.3, -0.25) is 0 Å². The summed E-state index contributed by atoms with van der Waals surface area (Å²) in [6, 6.07) is 18.6. The van der Waals surface area contributed by atoms with Gasteiger partial charge in [-0.15, -0.1) is 0 Å². The lowest BCUT2D eigenvalue weighted by Crippen LogP contribution is -2.38. The van der Waals surface area contributed by atoms with Gasteiger partial charge in [-0.25, -0.2) is 4.79 Å². The van der Waals surface area contributed by atoms with Crippen LogP contribution in [-0.2, 0) is 20.9 Å². The van der Waals surface area contributed by atoms with Crippen LogP contribution in [0.3, 0.4) is 0 Å². The van der Waals surface area contributed by atoms with Crippen molar-refractivity contribution in [2.75, 3.05) is 6.61 Å². The number of carbonyl (C=O) groups is 1. The van der Waals surface area contributed by atoms with Crippen molar-refractivity contribution < 1.29 is 19.5 Å². The van der Waals surface area contributed by atoms with Crippen molar-refractivity contribution in [2.45, 2.75) is 65.3 Å². The minimum absolute atomic E-state index is 0.268. The average Bonchev–Trinajstić information content (AvgIpc) is 2.73. The summed E-state index contributed by atoms with van der Waals surface area (Å²) < 4.78 is 11.3. The standard InChI is InChI=1S/C27H35NO4/c1-21(2)18-24(16-17-26(29)32-27(3,4)5)28(30)25(23-14-10-7-11-15-23)20-31-19-22-12-8-6-9-13-22/h6-15,21,24-25,30H,18-20H2,1-5H3/t24-,25+/m0/s1. The first-order valence-electron chi connectivity index (χ1n) is 11.0. The van der Waals surface area contributed by atoms with Crippen molar-refractivity contribution in [3.63, 3.8) is 0 Å². The van der Waals surface area contributed by atoms with Gasteiger partial charge < -0.3 is 14.7 Å². The molecule has 0 aromatic heterocycles. The zero-order chi connectivity index (χ0) is 23.6. The molecule has 0 saturated carbocycles. The highest BCUT2D eigenvalue weighted by atomic mass is 16.6. The molecular weight excluding hydrogens is 402 g/mol. The molecule has 32 heavy (non-hydrogen) atoms. The monoisotopic (exact) mass is 437 g/mol. The molecule has 0 unspecified atom stereocenters. The van der Waals surface area contributed by atoms with E-state index in [-0.39, 0.29) is 12.5 Å². The molecule has 0 bridgehead atoms. The first kappa shape index (κ1) is 25.6. The molecule has 0 fully saturated rings. The van der Waals surface area contributed by atoms with E-state index in [4.69, 9.17) is 9.47 Å². The minimum Gasteiger partial charge on any atom is -0.450 e. The van der Waals surface area contributed by atoms with E-state index in [1.165, 1.54) is 5.06 Å². The van der Waals surface area contributed by atoms with E-state index in [1.54, 1.807) is 20.8 Å². The molecule has 0 aliphatic rings. The number of carbonyl (C=O) groups excluding carboxylic acids is 1. The molecule has 0 aliphatic heterocycles. The van der Waals surface area contributed by atoms with Crippen molar-refractivity contribution in [3.05, 3.63) is 71.8 Å². The lowest BCUT2D eigenvalue weighted by molar-refractivity contribution is -0.166. The molecule has 2 aromatic rings. The van der Waals surface area contributed by atoms with Gasteiger partial charge in [0.1, 0.15) is 5.60 Å². The van der Waals surface area contributed by atoms with Gasteiger partial charge in [0.2, 0.25) is 0 Å². The largest absolute Gasteiger partial charge is 0.450 e. The quantitative estimate of drug-likeness (QED) is 0.246. The molecule has 1 N–H and O–H groups in total. The third-order valence-corrected chi connectivity index (χ3v) is 4.64. The van der Waals surface area contributed by atoms with Crippen LogP contribution in [-0.4, -0.2) is 34.5 Å². The number of benzene rings is 2. The summed E-state index contributed by atoms with van der Waals surface area (Å²) in [5.41, 5.74) is 1.36. The molecule has 0 spiro atoms. The van der Waals surface area contributed by atoms with Crippen LogP contribution in [0.2, 0.25) is 0 Å². The van der Waals surface area contributed by atoms with Crippen LogP contribution in [0.25, 0.3) is 0 Å². The Morgan fingerprint density at radius 2 is 1.62 bits per heavy atom. The fourth-order valence-corrected chi connectivity index (χ4v) is 3.21. The number of ether oxygens (including phenoxy) is 2. The van der Waals surface area contributed by atoms with Crippen molar-refractivity contribution in [3.8, 4) is 11.8 Å². The van der Waals surface area contributed by atoms with Crippen LogP contribution in [0.4, 0.5) is 0 Å². The fourth-order valence-electron chi connectivity index (χ4n) is 3.21. The highest BCUT2D eigenvalue weighted by molar-refractivity contribution is 5.88. The SMILES string of the molecule is CC(C)C[C@H](C#CC(=O)OC(C)(C)C)N(O)[C@H](COCc1ccccc1)c1ccccc1. The Kier molecular flexibility index (Phi) is 9.93. The zero-order valence-electron chi connectivity index (χ0n) is 19.7. The molecule has 2 atom stereocenters. The summed E-state index contributed by atoms with van der Waals surface area (Å²) in [7, 11) is 0. The Hall–Kier alpha value is -2.65. The highest BCUT2D eigenvalue weighted by Gasteiger charge is 2.27. The molecule has 172 valence electrons. The molecule has 0 aliphatic carbocycles. The van der Waals surface area contributed by atoms with Gasteiger partial charge in [-0.05, 0) is 44.2 Å². The third kappa shape index (κ3) is 9.23.